The van der Waals surface area contributed by atoms with E-state index in [1.165, 1.54) is 31.4 Å². The number of nitrogens with one attached hydrogen (secondary N) is 1. The van der Waals surface area contributed by atoms with Gasteiger partial charge in [-0.3, -0.25) is 4.99 Å². The summed E-state index contributed by atoms with van der Waals surface area (Å²) in [7, 11) is 0. The molecule has 0 amide bonds. The fourth-order valence-electron chi connectivity index (χ4n) is 2.71. The fraction of sp³-hybridized carbons (Fsp3) is 0.462. The SMILES string of the molecule is C1=CC=NC(NC2=C3CCC(C3)C2)C=C1. The van der Waals surface area contributed by atoms with E-state index in [0.717, 1.165) is 5.92 Å². The molecule has 2 heteroatoms. The number of nitrogens with zero attached hydrogens (tertiary/aromatic N) is 1. The molecule has 0 aromatic carbocycles. The van der Waals surface area contributed by atoms with Crippen LogP contribution in [-0.4, -0.2) is 12.4 Å². The van der Waals surface area contributed by atoms with Gasteiger partial charge in [0.25, 0.3) is 0 Å². The van der Waals surface area contributed by atoms with E-state index in [2.05, 4.69) is 22.5 Å². The monoisotopic (exact) mass is 200 g/mol. The minimum Gasteiger partial charge on any atom is -0.364 e. The number of rotatable bonds is 2. The molecule has 0 aromatic rings. The molecule has 1 fully saturated rings. The van der Waals surface area contributed by atoms with Crippen molar-refractivity contribution >= 4 is 6.21 Å². The molecule has 2 aliphatic carbocycles. The first-order chi connectivity index (χ1) is 7.42. The first-order valence-electron chi connectivity index (χ1n) is 5.76. The predicted molar refractivity (Wildman–Crippen MR) is 62.7 cm³/mol. The lowest BCUT2D eigenvalue weighted by Gasteiger charge is -2.17. The summed E-state index contributed by atoms with van der Waals surface area (Å²) in [5.74, 6) is 0.930. The highest BCUT2D eigenvalue weighted by Gasteiger charge is 2.30. The van der Waals surface area contributed by atoms with Gasteiger partial charge in [-0.25, -0.2) is 0 Å². The minimum absolute atomic E-state index is 0.141. The first kappa shape index (κ1) is 8.96. The second-order valence-electron chi connectivity index (χ2n) is 4.55. The smallest absolute Gasteiger partial charge is 0.137 e. The van der Waals surface area contributed by atoms with Crippen molar-refractivity contribution in [1.29, 1.82) is 0 Å². The third-order valence-corrected chi connectivity index (χ3v) is 3.48. The summed E-state index contributed by atoms with van der Waals surface area (Å²) in [5.41, 5.74) is 3.13. The lowest BCUT2D eigenvalue weighted by molar-refractivity contribution is 0.532. The topological polar surface area (TPSA) is 24.4 Å². The Morgan fingerprint density at radius 1 is 1.20 bits per heavy atom. The van der Waals surface area contributed by atoms with Crippen molar-refractivity contribution in [2.45, 2.75) is 31.8 Å². The largest absolute Gasteiger partial charge is 0.364 e. The van der Waals surface area contributed by atoms with Gasteiger partial charge < -0.3 is 5.32 Å². The Balaban J connectivity index is 1.71. The molecule has 0 aromatic heterocycles. The van der Waals surface area contributed by atoms with Crippen LogP contribution in [0.3, 0.4) is 0 Å². The van der Waals surface area contributed by atoms with Crippen molar-refractivity contribution in [1.82, 2.24) is 5.32 Å². The van der Waals surface area contributed by atoms with Crippen molar-refractivity contribution < 1.29 is 0 Å². The highest BCUT2D eigenvalue weighted by atomic mass is 15.1. The Morgan fingerprint density at radius 3 is 3.00 bits per heavy atom. The van der Waals surface area contributed by atoms with Crippen molar-refractivity contribution in [2.75, 3.05) is 0 Å². The molecule has 78 valence electrons. The van der Waals surface area contributed by atoms with Gasteiger partial charge in [0.1, 0.15) is 6.17 Å². The molecule has 2 unspecified atom stereocenters. The van der Waals surface area contributed by atoms with E-state index in [1.54, 1.807) is 5.57 Å². The molecule has 0 spiro atoms. The van der Waals surface area contributed by atoms with Gasteiger partial charge in [-0.05, 0) is 43.8 Å². The number of hydrogen-bond donors (Lipinski definition) is 1. The Morgan fingerprint density at radius 2 is 2.20 bits per heavy atom. The highest BCUT2D eigenvalue weighted by Crippen LogP contribution is 2.43. The molecule has 0 saturated heterocycles. The first-order valence-corrected chi connectivity index (χ1v) is 5.76. The number of hydrogen-bond acceptors (Lipinski definition) is 2. The number of fused-ring (bicyclic) bond motifs is 2. The molecule has 2 atom stereocenters. The van der Waals surface area contributed by atoms with Gasteiger partial charge in [-0.2, -0.15) is 0 Å². The fourth-order valence-corrected chi connectivity index (χ4v) is 2.71. The van der Waals surface area contributed by atoms with Crippen LogP contribution in [0.1, 0.15) is 25.7 Å². The van der Waals surface area contributed by atoms with Crippen LogP contribution >= 0.6 is 0 Å². The standard InChI is InChI=1S/C13H16N2/c1-2-4-13(14-7-3-1)15-12-9-10-5-6-11(12)8-10/h1-4,7,10,13,15H,5-6,8-9H2. The summed E-state index contributed by atoms with van der Waals surface area (Å²) >= 11 is 0. The Hall–Kier alpha value is -1.31. The summed E-state index contributed by atoms with van der Waals surface area (Å²) in [5, 5.41) is 3.54. The van der Waals surface area contributed by atoms with Gasteiger partial charge in [0.05, 0.1) is 0 Å². The third kappa shape index (κ3) is 1.76. The van der Waals surface area contributed by atoms with Crippen molar-refractivity contribution in [3.63, 3.8) is 0 Å². The van der Waals surface area contributed by atoms with Crippen LogP contribution < -0.4 is 5.32 Å². The predicted octanol–water partition coefficient (Wildman–Crippen LogP) is 2.56. The highest BCUT2D eigenvalue weighted by molar-refractivity contribution is 5.72. The van der Waals surface area contributed by atoms with Crippen LogP contribution in [-0.2, 0) is 0 Å². The number of allylic oxidation sites excluding steroid dienone is 5. The van der Waals surface area contributed by atoms with E-state index in [9.17, 15) is 0 Å². The van der Waals surface area contributed by atoms with E-state index < -0.39 is 0 Å². The second-order valence-corrected chi connectivity index (χ2v) is 4.55. The number of aliphatic imine (C=N–C) groups is 1. The van der Waals surface area contributed by atoms with Gasteiger partial charge in [0, 0.05) is 11.9 Å². The second kappa shape index (κ2) is 3.69. The molecule has 1 saturated carbocycles. The maximum absolute atomic E-state index is 4.43. The van der Waals surface area contributed by atoms with E-state index >= 15 is 0 Å². The molecule has 15 heavy (non-hydrogen) atoms. The van der Waals surface area contributed by atoms with Crippen molar-refractivity contribution in [3.8, 4) is 0 Å². The Kier molecular flexibility index (Phi) is 2.20. The maximum atomic E-state index is 4.43. The maximum Gasteiger partial charge on any atom is 0.137 e. The van der Waals surface area contributed by atoms with Gasteiger partial charge >= 0.3 is 0 Å². The third-order valence-electron chi connectivity index (χ3n) is 3.48. The van der Waals surface area contributed by atoms with Crippen molar-refractivity contribution in [3.05, 3.63) is 35.6 Å². The van der Waals surface area contributed by atoms with E-state index in [0.29, 0.717) is 0 Å². The zero-order valence-corrected chi connectivity index (χ0v) is 8.82. The van der Waals surface area contributed by atoms with Crippen molar-refractivity contribution in [2.24, 2.45) is 10.9 Å². The zero-order chi connectivity index (χ0) is 10.1. The summed E-state index contributed by atoms with van der Waals surface area (Å²) in [4.78, 5) is 4.43. The van der Waals surface area contributed by atoms with Crippen LogP contribution in [0.25, 0.3) is 0 Å². The Bertz CT molecular complexity index is 358. The molecule has 2 nitrogen and oxygen atoms in total. The van der Waals surface area contributed by atoms with Crippen LogP contribution in [0.2, 0.25) is 0 Å². The summed E-state index contributed by atoms with van der Waals surface area (Å²) in [6.07, 6.45) is 15.5. The summed E-state index contributed by atoms with van der Waals surface area (Å²) in [6, 6.07) is 0. The molecule has 1 N–H and O–H groups in total. The molecule has 3 aliphatic rings. The van der Waals surface area contributed by atoms with E-state index in [4.69, 9.17) is 0 Å². The summed E-state index contributed by atoms with van der Waals surface area (Å²) < 4.78 is 0. The average Bonchev–Trinajstić information content (AvgIpc) is 2.75. The van der Waals surface area contributed by atoms with Crippen LogP contribution in [0, 0.1) is 5.92 Å². The molecule has 1 aliphatic heterocycles. The molecule has 0 radical (unpaired) electrons. The average molecular weight is 200 g/mol. The van der Waals surface area contributed by atoms with Crippen LogP contribution in [0.5, 0.6) is 0 Å². The minimum atomic E-state index is 0.141. The van der Waals surface area contributed by atoms with E-state index in [1.807, 2.05) is 18.4 Å². The summed E-state index contributed by atoms with van der Waals surface area (Å²) in [6.45, 7) is 0. The normalized spacial score (nSPS) is 32.5. The lowest BCUT2D eigenvalue weighted by atomic mass is 10.0. The van der Waals surface area contributed by atoms with E-state index in [-0.39, 0.29) is 6.17 Å². The molecule has 2 bridgehead atoms. The molecule has 1 heterocycles. The Labute approximate surface area is 90.5 Å². The van der Waals surface area contributed by atoms with Crippen LogP contribution in [0.4, 0.5) is 0 Å². The van der Waals surface area contributed by atoms with Gasteiger partial charge in [0.2, 0.25) is 0 Å². The zero-order valence-electron chi connectivity index (χ0n) is 8.82. The van der Waals surface area contributed by atoms with Crippen LogP contribution in [0.15, 0.2) is 40.6 Å². The molecular weight excluding hydrogens is 184 g/mol. The van der Waals surface area contributed by atoms with Gasteiger partial charge in [0.15, 0.2) is 0 Å². The molecule has 3 rings (SSSR count). The quantitative estimate of drug-likeness (QED) is 0.728. The van der Waals surface area contributed by atoms with Gasteiger partial charge in [-0.15, -0.1) is 0 Å². The molecular formula is C13H16N2. The lowest BCUT2D eigenvalue weighted by Crippen LogP contribution is -2.25. The van der Waals surface area contributed by atoms with Gasteiger partial charge in [-0.1, -0.05) is 17.7 Å².